The molecule has 1 aromatic heterocycles. The fourth-order valence-electron chi connectivity index (χ4n) is 6.61. The van der Waals surface area contributed by atoms with Gasteiger partial charge in [0.05, 0.1) is 16.8 Å². The predicted molar refractivity (Wildman–Crippen MR) is 167 cm³/mol. The van der Waals surface area contributed by atoms with Crippen LogP contribution in [0.25, 0.3) is 22.0 Å². The molecule has 2 aliphatic rings. The van der Waals surface area contributed by atoms with Crippen molar-refractivity contribution in [1.82, 2.24) is 9.88 Å². The molecule has 2 heterocycles. The fourth-order valence-corrected chi connectivity index (χ4v) is 6.61. The Hall–Kier alpha value is -4.28. The van der Waals surface area contributed by atoms with Gasteiger partial charge < -0.3 is 21.1 Å². The van der Waals surface area contributed by atoms with E-state index >= 15 is 4.39 Å². The first-order valence-electron chi connectivity index (χ1n) is 15.3. The summed E-state index contributed by atoms with van der Waals surface area (Å²) in [7, 11) is 0. The number of esters is 1. The van der Waals surface area contributed by atoms with Gasteiger partial charge in [-0.15, -0.1) is 0 Å². The van der Waals surface area contributed by atoms with Crippen molar-refractivity contribution in [2.24, 2.45) is 17.1 Å². The van der Waals surface area contributed by atoms with E-state index in [1.54, 1.807) is 32.9 Å². The number of ether oxygens (including phenoxy) is 1. The molecular formula is C34H40F2N4O5. The topological polar surface area (TPSA) is 133 Å². The second kappa shape index (κ2) is 11.9. The number of carbonyl (C=O) groups excluding carboxylic acids is 4. The standard InChI is InChI=1S/C34H40F2N4O5/c1-33(2,3)45-28(42)17-38-32(44)18-6-9-21(10-7-18)39-24-13-19(12-23(36)30(24)31(37)43)29-22-11-8-20(35)14-25(22)40-26(29)15-34(4,5)16-27(40)41/h8,11-14,18,21,39H,6-7,9-10,15-17H2,1-5H3,(H2,37,43)(H,38,44)/t18-,21-. The van der Waals surface area contributed by atoms with E-state index in [1.807, 2.05) is 13.8 Å². The number of aromatic nitrogens is 1. The van der Waals surface area contributed by atoms with Crippen LogP contribution in [0.4, 0.5) is 14.5 Å². The van der Waals surface area contributed by atoms with Crippen molar-refractivity contribution in [1.29, 1.82) is 0 Å². The largest absolute Gasteiger partial charge is 0.459 e. The van der Waals surface area contributed by atoms with Gasteiger partial charge in [-0.2, -0.15) is 0 Å². The number of rotatable bonds is 7. The van der Waals surface area contributed by atoms with E-state index in [1.165, 1.54) is 22.8 Å². The van der Waals surface area contributed by atoms with Crippen LogP contribution in [-0.2, 0) is 20.7 Å². The molecule has 0 saturated heterocycles. The van der Waals surface area contributed by atoms with Crippen LogP contribution in [0.15, 0.2) is 30.3 Å². The molecule has 1 aliphatic heterocycles. The summed E-state index contributed by atoms with van der Waals surface area (Å²) < 4.78 is 36.8. The minimum Gasteiger partial charge on any atom is -0.459 e. The average molecular weight is 623 g/mol. The van der Waals surface area contributed by atoms with Gasteiger partial charge >= 0.3 is 5.97 Å². The third-order valence-corrected chi connectivity index (χ3v) is 8.46. The van der Waals surface area contributed by atoms with Gasteiger partial charge in [-0.1, -0.05) is 13.8 Å². The van der Waals surface area contributed by atoms with Gasteiger partial charge in [-0.3, -0.25) is 23.7 Å². The van der Waals surface area contributed by atoms with Crippen molar-refractivity contribution in [3.8, 4) is 11.1 Å². The van der Waals surface area contributed by atoms with Crippen molar-refractivity contribution in [2.45, 2.75) is 84.8 Å². The molecule has 0 atom stereocenters. The Labute approximate surface area is 260 Å². The molecule has 2 amide bonds. The average Bonchev–Trinajstić information content (AvgIpc) is 3.22. The number of hydrogen-bond acceptors (Lipinski definition) is 6. The van der Waals surface area contributed by atoms with Crippen LogP contribution in [0.1, 0.15) is 87.6 Å². The van der Waals surface area contributed by atoms with Crippen LogP contribution in [0, 0.1) is 23.0 Å². The van der Waals surface area contributed by atoms with Crippen LogP contribution in [0.3, 0.4) is 0 Å². The van der Waals surface area contributed by atoms with Crippen molar-refractivity contribution in [3.63, 3.8) is 0 Å². The molecule has 9 nitrogen and oxygen atoms in total. The van der Waals surface area contributed by atoms with Gasteiger partial charge in [0.15, 0.2) is 0 Å². The first-order chi connectivity index (χ1) is 21.0. The highest BCUT2D eigenvalue weighted by Crippen LogP contribution is 2.44. The first-order valence-corrected chi connectivity index (χ1v) is 15.3. The second-order valence-corrected chi connectivity index (χ2v) is 14.0. The Morgan fingerprint density at radius 2 is 1.73 bits per heavy atom. The summed E-state index contributed by atoms with van der Waals surface area (Å²) in [5.74, 6) is -3.44. The van der Waals surface area contributed by atoms with Gasteiger partial charge in [0.2, 0.25) is 11.8 Å². The fraction of sp³-hybridized carbons (Fsp3) is 0.471. The molecule has 2 aromatic carbocycles. The van der Waals surface area contributed by atoms with E-state index in [-0.39, 0.29) is 53.4 Å². The molecule has 45 heavy (non-hydrogen) atoms. The lowest BCUT2D eigenvalue weighted by molar-refractivity contribution is -0.154. The van der Waals surface area contributed by atoms with Crippen LogP contribution in [0.2, 0.25) is 0 Å². The Morgan fingerprint density at radius 1 is 1.04 bits per heavy atom. The minimum atomic E-state index is -0.932. The van der Waals surface area contributed by atoms with Crippen molar-refractivity contribution in [2.75, 3.05) is 11.9 Å². The summed E-state index contributed by atoms with van der Waals surface area (Å²) in [6.07, 6.45) is 2.94. The van der Waals surface area contributed by atoms with E-state index in [0.717, 1.165) is 0 Å². The highest BCUT2D eigenvalue weighted by atomic mass is 19.1. The van der Waals surface area contributed by atoms with Gasteiger partial charge in [-0.25, -0.2) is 8.78 Å². The van der Waals surface area contributed by atoms with Crippen molar-refractivity contribution in [3.05, 3.63) is 53.2 Å². The lowest BCUT2D eigenvalue weighted by atomic mass is 9.80. The van der Waals surface area contributed by atoms with Crippen molar-refractivity contribution >= 4 is 40.3 Å². The third kappa shape index (κ3) is 6.87. The molecule has 1 aliphatic carbocycles. The number of anilines is 1. The predicted octanol–water partition coefficient (Wildman–Crippen LogP) is 5.73. The van der Waals surface area contributed by atoms with Crippen LogP contribution in [0.5, 0.6) is 0 Å². The molecule has 0 spiro atoms. The van der Waals surface area contributed by atoms with E-state index in [0.29, 0.717) is 59.8 Å². The zero-order valence-electron chi connectivity index (χ0n) is 26.3. The number of halogens is 2. The van der Waals surface area contributed by atoms with Crippen LogP contribution < -0.4 is 16.4 Å². The summed E-state index contributed by atoms with van der Waals surface area (Å²) in [6.45, 7) is 9.01. The Balaban J connectivity index is 1.41. The van der Waals surface area contributed by atoms with Gasteiger partial charge in [0, 0.05) is 35.0 Å². The first kappa shape index (κ1) is 32.1. The molecule has 11 heteroatoms. The van der Waals surface area contributed by atoms with E-state index in [2.05, 4.69) is 10.6 Å². The molecule has 240 valence electrons. The minimum absolute atomic E-state index is 0.164. The molecule has 0 bridgehead atoms. The third-order valence-electron chi connectivity index (χ3n) is 8.46. The molecule has 3 aromatic rings. The summed E-state index contributed by atoms with van der Waals surface area (Å²) in [5, 5.41) is 6.55. The quantitative estimate of drug-likeness (QED) is 0.289. The SMILES string of the molecule is CC1(C)CC(=O)n2c(c(-c3cc(F)c(C(N)=O)c(N[C@H]4CC[C@H](C(=O)NCC(=O)OC(C)(C)C)CC4)c3)c3ccc(F)cc32)C1. The van der Waals surface area contributed by atoms with E-state index < -0.39 is 29.1 Å². The Kier molecular flexibility index (Phi) is 8.50. The number of nitrogens with one attached hydrogen (secondary N) is 2. The van der Waals surface area contributed by atoms with Gasteiger partial charge in [0.25, 0.3) is 5.91 Å². The second-order valence-electron chi connectivity index (χ2n) is 14.0. The lowest BCUT2D eigenvalue weighted by Crippen LogP contribution is -2.40. The smallest absolute Gasteiger partial charge is 0.325 e. The monoisotopic (exact) mass is 622 g/mol. The summed E-state index contributed by atoms with van der Waals surface area (Å²) in [5.41, 5.74) is 6.66. The lowest BCUT2D eigenvalue weighted by Gasteiger charge is -2.31. The number of nitrogens with two attached hydrogens (primary N) is 1. The number of benzene rings is 2. The number of primary amides is 1. The summed E-state index contributed by atoms with van der Waals surface area (Å²) in [6, 6.07) is 6.93. The zero-order chi connectivity index (χ0) is 32.8. The molecule has 1 fully saturated rings. The molecule has 0 radical (unpaired) electrons. The number of amides is 2. The Morgan fingerprint density at radius 3 is 2.38 bits per heavy atom. The molecule has 5 rings (SSSR count). The van der Waals surface area contributed by atoms with Crippen LogP contribution >= 0.6 is 0 Å². The number of carbonyl (C=O) groups is 4. The highest BCUT2D eigenvalue weighted by molar-refractivity contribution is 6.06. The van der Waals surface area contributed by atoms with Gasteiger partial charge in [0.1, 0.15) is 23.8 Å². The summed E-state index contributed by atoms with van der Waals surface area (Å²) >= 11 is 0. The number of fused-ring (bicyclic) bond motifs is 3. The zero-order valence-corrected chi connectivity index (χ0v) is 26.3. The maximum absolute atomic E-state index is 15.7. The highest BCUT2D eigenvalue weighted by Gasteiger charge is 2.36. The Bertz CT molecular complexity index is 1700. The van der Waals surface area contributed by atoms with Gasteiger partial charge in [-0.05, 0) is 94.2 Å². The normalized spacial score (nSPS) is 19.6. The maximum Gasteiger partial charge on any atom is 0.325 e. The number of hydrogen-bond donors (Lipinski definition) is 3. The molecular weight excluding hydrogens is 582 g/mol. The molecule has 1 saturated carbocycles. The molecule has 0 unspecified atom stereocenters. The van der Waals surface area contributed by atoms with E-state index in [4.69, 9.17) is 10.5 Å². The number of nitrogens with zero attached hydrogens (tertiary/aromatic N) is 1. The molecule has 4 N–H and O–H groups in total. The van der Waals surface area contributed by atoms with Crippen LogP contribution in [-0.4, -0.2) is 46.4 Å². The van der Waals surface area contributed by atoms with E-state index in [9.17, 15) is 23.6 Å². The maximum atomic E-state index is 15.7. The van der Waals surface area contributed by atoms with Crippen molar-refractivity contribution < 1.29 is 32.7 Å². The summed E-state index contributed by atoms with van der Waals surface area (Å²) in [4.78, 5) is 50.4.